The molecule has 0 aromatic heterocycles. The third-order valence-electron chi connectivity index (χ3n) is 5.48. The van der Waals surface area contributed by atoms with Crippen molar-refractivity contribution in [3.05, 3.63) is 58.7 Å². The van der Waals surface area contributed by atoms with E-state index in [4.69, 9.17) is 18.9 Å². The summed E-state index contributed by atoms with van der Waals surface area (Å²) in [7, 11) is 6.09. The summed E-state index contributed by atoms with van der Waals surface area (Å²) in [4.78, 5) is 27.4. The summed E-state index contributed by atoms with van der Waals surface area (Å²) in [5.74, 6) is -0.141. The van der Waals surface area contributed by atoms with Gasteiger partial charge in [0.2, 0.25) is 0 Å². The minimum atomic E-state index is -0.877. The maximum atomic E-state index is 13.1. The van der Waals surface area contributed by atoms with Gasteiger partial charge in [0.15, 0.2) is 0 Å². The lowest BCUT2D eigenvalue weighted by Crippen LogP contribution is -2.32. The summed E-state index contributed by atoms with van der Waals surface area (Å²) in [5, 5.41) is 11.2. The van der Waals surface area contributed by atoms with Gasteiger partial charge in [0.05, 0.1) is 39.6 Å². The Bertz CT molecular complexity index is 1060. The maximum absolute atomic E-state index is 13.1. The molecule has 0 saturated carbocycles. The third-order valence-corrected chi connectivity index (χ3v) is 5.48. The molecule has 0 aliphatic carbocycles. The molecule has 170 valence electrons. The van der Waals surface area contributed by atoms with Crippen molar-refractivity contribution in [3.63, 3.8) is 0 Å². The average Bonchev–Trinajstić information content (AvgIpc) is 3.06. The van der Waals surface area contributed by atoms with Crippen LogP contribution in [0.2, 0.25) is 0 Å². The fourth-order valence-electron chi connectivity index (χ4n) is 3.86. The Hall–Kier alpha value is -3.52. The van der Waals surface area contributed by atoms with Crippen LogP contribution in [0.3, 0.4) is 0 Å². The number of benzene rings is 2. The predicted octanol–water partition coefficient (Wildman–Crippen LogP) is 3.09. The molecule has 1 amide bonds. The summed E-state index contributed by atoms with van der Waals surface area (Å²) >= 11 is 0. The summed E-state index contributed by atoms with van der Waals surface area (Å²) in [6.07, 6.45) is 0. The van der Waals surface area contributed by atoms with E-state index in [-0.39, 0.29) is 24.5 Å². The summed E-state index contributed by atoms with van der Waals surface area (Å²) in [6.45, 7) is 2.21. The highest BCUT2D eigenvalue weighted by Crippen LogP contribution is 2.44. The number of ether oxygens (including phenoxy) is 4. The predicted molar refractivity (Wildman–Crippen MR) is 118 cm³/mol. The first kappa shape index (κ1) is 23.1. The fourth-order valence-corrected chi connectivity index (χ4v) is 3.86. The van der Waals surface area contributed by atoms with Gasteiger partial charge in [-0.2, -0.15) is 0 Å². The Labute approximate surface area is 187 Å². The number of aryl methyl sites for hydroxylation is 1. The summed E-state index contributed by atoms with van der Waals surface area (Å²) in [6, 6.07) is 9.28. The molecule has 1 fully saturated rings. The molecule has 1 aliphatic rings. The monoisotopic (exact) mass is 441 g/mol. The van der Waals surface area contributed by atoms with E-state index in [1.165, 1.54) is 26.2 Å². The molecule has 1 aliphatic heterocycles. The zero-order valence-corrected chi connectivity index (χ0v) is 18.8. The molecule has 0 spiro atoms. The molecule has 2 aromatic rings. The Balaban J connectivity index is 2.25. The van der Waals surface area contributed by atoms with E-state index in [0.717, 1.165) is 5.56 Å². The number of aliphatic hydroxyl groups is 1. The minimum absolute atomic E-state index is 0.0257. The number of ketones is 1. The number of likely N-dealkylation sites (tertiary alicyclic amines) is 1. The molecule has 0 bridgehead atoms. The van der Waals surface area contributed by atoms with Gasteiger partial charge in [-0.25, -0.2) is 0 Å². The molecule has 8 heteroatoms. The molecule has 1 atom stereocenters. The van der Waals surface area contributed by atoms with Gasteiger partial charge in [0.1, 0.15) is 23.0 Å². The van der Waals surface area contributed by atoms with Crippen molar-refractivity contribution in [2.45, 2.75) is 13.0 Å². The quantitative estimate of drug-likeness (QED) is 0.382. The first-order valence-electron chi connectivity index (χ1n) is 10.0. The Morgan fingerprint density at radius 2 is 1.66 bits per heavy atom. The summed E-state index contributed by atoms with van der Waals surface area (Å²) in [5.41, 5.74) is 1.68. The molecule has 8 nitrogen and oxygen atoms in total. The Morgan fingerprint density at radius 1 is 0.969 bits per heavy atom. The molecule has 1 saturated heterocycles. The second-order valence-corrected chi connectivity index (χ2v) is 7.28. The van der Waals surface area contributed by atoms with Crippen molar-refractivity contribution in [1.82, 2.24) is 4.90 Å². The molecule has 1 N–H and O–H groups in total. The van der Waals surface area contributed by atoms with E-state index in [1.807, 2.05) is 6.92 Å². The lowest BCUT2D eigenvalue weighted by Gasteiger charge is -2.26. The van der Waals surface area contributed by atoms with Gasteiger partial charge in [0.25, 0.3) is 11.7 Å². The van der Waals surface area contributed by atoms with Gasteiger partial charge in [-0.05, 0) is 48.9 Å². The molecular weight excluding hydrogens is 414 g/mol. The molecule has 0 radical (unpaired) electrons. The van der Waals surface area contributed by atoms with E-state index >= 15 is 0 Å². The Kier molecular flexibility index (Phi) is 7.05. The van der Waals surface area contributed by atoms with Crippen LogP contribution in [-0.4, -0.2) is 63.3 Å². The van der Waals surface area contributed by atoms with Crippen LogP contribution < -0.4 is 14.2 Å². The molecule has 1 heterocycles. The van der Waals surface area contributed by atoms with Gasteiger partial charge in [0, 0.05) is 24.8 Å². The van der Waals surface area contributed by atoms with Crippen LogP contribution in [0.4, 0.5) is 0 Å². The smallest absolute Gasteiger partial charge is 0.295 e. The number of methoxy groups -OCH3 is 4. The highest BCUT2D eigenvalue weighted by atomic mass is 16.5. The van der Waals surface area contributed by atoms with E-state index in [2.05, 4.69) is 0 Å². The van der Waals surface area contributed by atoms with Crippen molar-refractivity contribution in [1.29, 1.82) is 0 Å². The summed E-state index contributed by atoms with van der Waals surface area (Å²) < 4.78 is 21.3. The number of hydrogen-bond acceptors (Lipinski definition) is 7. The molecule has 1 unspecified atom stereocenters. The standard InChI is InChI=1S/C24H27NO7/c1-14-12-15(6-8-18(14)31-4)22(26)20-21(25(10-11-29-2)24(28)23(20)27)17-13-16(30-3)7-9-19(17)32-5/h6-9,12-13,21,26H,10-11H2,1-5H3. The van der Waals surface area contributed by atoms with Crippen LogP contribution in [0.15, 0.2) is 42.0 Å². The van der Waals surface area contributed by atoms with Crippen LogP contribution in [0.1, 0.15) is 22.7 Å². The topological polar surface area (TPSA) is 94.5 Å². The van der Waals surface area contributed by atoms with Gasteiger partial charge in [-0.1, -0.05) is 0 Å². The zero-order valence-electron chi connectivity index (χ0n) is 18.8. The van der Waals surface area contributed by atoms with Crippen molar-refractivity contribution in [2.75, 3.05) is 41.6 Å². The molecule has 2 aromatic carbocycles. The zero-order chi connectivity index (χ0) is 23.4. The molecule has 32 heavy (non-hydrogen) atoms. The van der Waals surface area contributed by atoms with E-state index in [0.29, 0.717) is 28.4 Å². The first-order valence-corrected chi connectivity index (χ1v) is 10.0. The largest absolute Gasteiger partial charge is 0.507 e. The number of rotatable bonds is 8. The third kappa shape index (κ3) is 4.13. The fraction of sp³-hybridized carbons (Fsp3) is 0.333. The number of hydrogen-bond donors (Lipinski definition) is 1. The van der Waals surface area contributed by atoms with Crippen molar-refractivity contribution >= 4 is 17.4 Å². The minimum Gasteiger partial charge on any atom is -0.507 e. The van der Waals surface area contributed by atoms with Crippen LogP contribution in [0.25, 0.3) is 5.76 Å². The first-order chi connectivity index (χ1) is 15.4. The number of amides is 1. The van der Waals surface area contributed by atoms with Gasteiger partial charge in [-0.3, -0.25) is 9.59 Å². The normalized spacial score (nSPS) is 17.5. The van der Waals surface area contributed by atoms with Crippen molar-refractivity contribution in [2.24, 2.45) is 0 Å². The van der Waals surface area contributed by atoms with Crippen molar-refractivity contribution < 1.29 is 33.6 Å². The number of Topliss-reactive ketones (excluding diaryl/α,β-unsaturated/α-hetero) is 1. The molecule has 3 rings (SSSR count). The van der Waals surface area contributed by atoms with Crippen LogP contribution >= 0.6 is 0 Å². The Morgan fingerprint density at radius 3 is 2.25 bits per heavy atom. The lowest BCUT2D eigenvalue weighted by molar-refractivity contribution is -0.140. The number of carbonyl (C=O) groups excluding carboxylic acids is 2. The average molecular weight is 441 g/mol. The second-order valence-electron chi connectivity index (χ2n) is 7.28. The van der Waals surface area contributed by atoms with Gasteiger partial charge in [-0.15, -0.1) is 0 Å². The van der Waals surface area contributed by atoms with Crippen LogP contribution in [-0.2, 0) is 14.3 Å². The lowest BCUT2D eigenvalue weighted by atomic mass is 9.94. The van der Waals surface area contributed by atoms with E-state index in [1.54, 1.807) is 43.5 Å². The van der Waals surface area contributed by atoms with E-state index in [9.17, 15) is 14.7 Å². The van der Waals surface area contributed by atoms with Gasteiger partial charge >= 0.3 is 0 Å². The van der Waals surface area contributed by atoms with Crippen LogP contribution in [0, 0.1) is 6.92 Å². The highest BCUT2D eigenvalue weighted by molar-refractivity contribution is 6.46. The number of nitrogens with zero attached hydrogens (tertiary/aromatic N) is 1. The van der Waals surface area contributed by atoms with Gasteiger partial charge < -0.3 is 29.0 Å². The SMILES string of the molecule is COCCN1C(=O)C(=O)C(=C(O)c2ccc(OC)c(C)c2)C1c1cc(OC)ccc1OC. The van der Waals surface area contributed by atoms with Crippen molar-refractivity contribution in [3.8, 4) is 17.2 Å². The second kappa shape index (κ2) is 9.74. The van der Waals surface area contributed by atoms with E-state index < -0.39 is 17.7 Å². The highest BCUT2D eigenvalue weighted by Gasteiger charge is 2.47. The maximum Gasteiger partial charge on any atom is 0.295 e. The van der Waals surface area contributed by atoms with Crippen LogP contribution in [0.5, 0.6) is 17.2 Å². The molecular formula is C24H27NO7. The number of carbonyl (C=O) groups is 2. The number of aliphatic hydroxyl groups excluding tert-OH is 1.